The summed E-state index contributed by atoms with van der Waals surface area (Å²) < 4.78 is 41.4. The SMILES string of the molecule is CCCc1nn(C)c2c(=O)[nH]c(-c3cc(S(=O)(=O)N4CCN(C)CC4)ccc3OCC)nc12.O=C1Cc2cc(CCN3CCN(c4nsc5ccccc45)CC3)c(Cl)cc2N1. The molecule has 322 valence electrons. The summed E-state index contributed by atoms with van der Waals surface area (Å²) in [6, 6.07) is 17.1. The number of amides is 1. The van der Waals surface area contributed by atoms with Crippen molar-refractivity contribution in [1.29, 1.82) is 0 Å². The zero-order valence-electron chi connectivity index (χ0n) is 34.9. The molecular weight excluding hydrogens is 836 g/mol. The minimum absolute atomic E-state index is 0.0499. The second-order valence-corrected chi connectivity index (χ2v) is 18.8. The number of aromatic amines is 1. The highest BCUT2D eigenvalue weighted by atomic mass is 35.5. The maximum atomic E-state index is 13.3. The molecule has 0 unspecified atom stereocenters. The lowest BCUT2D eigenvalue weighted by molar-refractivity contribution is -0.115. The molecule has 3 aliphatic heterocycles. The van der Waals surface area contributed by atoms with Crippen LogP contribution in [0.1, 0.15) is 37.1 Å². The van der Waals surface area contributed by atoms with Gasteiger partial charge in [0.1, 0.15) is 22.9 Å². The molecule has 2 N–H and O–H groups in total. The molecule has 9 rings (SSSR count). The fourth-order valence-electron chi connectivity index (χ4n) is 8.15. The van der Waals surface area contributed by atoms with Crippen LogP contribution in [0.2, 0.25) is 5.02 Å². The van der Waals surface area contributed by atoms with Crippen LogP contribution in [-0.4, -0.2) is 125 Å². The number of piperazine rings is 2. The van der Waals surface area contributed by atoms with E-state index in [9.17, 15) is 18.0 Å². The lowest BCUT2D eigenvalue weighted by atomic mass is 10.1. The van der Waals surface area contributed by atoms with Crippen LogP contribution in [-0.2, 0) is 41.1 Å². The molecule has 0 saturated carbocycles. The molecule has 3 aromatic carbocycles. The largest absolute Gasteiger partial charge is 0.493 e. The number of aromatic nitrogens is 5. The molecule has 15 nitrogen and oxygen atoms in total. The van der Waals surface area contributed by atoms with Crippen LogP contribution in [0, 0.1) is 0 Å². The van der Waals surface area contributed by atoms with E-state index in [2.05, 4.69) is 64.8 Å². The van der Waals surface area contributed by atoms with Gasteiger partial charge in [-0.25, -0.2) is 13.4 Å². The summed E-state index contributed by atoms with van der Waals surface area (Å²) in [5, 5.41) is 9.31. The summed E-state index contributed by atoms with van der Waals surface area (Å²) in [7, 11) is -0.00831. The van der Waals surface area contributed by atoms with Crippen molar-refractivity contribution in [2.24, 2.45) is 7.05 Å². The normalized spacial score (nSPS) is 16.5. The average Bonchev–Trinajstić information content (AvgIpc) is 3.94. The number of aryl methyl sites for hydroxylation is 2. The van der Waals surface area contributed by atoms with E-state index in [1.54, 1.807) is 36.8 Å². The van der Waals surface area contributed by atoms with Gasteiger partial charge in [0.15, 0.2) is 5.52 Å². The van der Waals surface area contributed by atoms with Gasteiger partial charge < -0.3 is 24.8 Å². The van der Waals surface area contributed by atoms with Crippen LogP contribution in [0.15, 0.2) is 64.3 Å². The number of nitrogens with one attached hydrogen (secondary N) is 2. The molecule has 61 heavy (non-hydrogen) atoms. The average molecular weight is 888 g/mol. The molecule has 0 aliphatic carbocycles. The van der Waals surface area contributed by atoms with Gasteiger partial charge in [-0.2, -0.15) is 13.8 Å². The minimum Gasteiger partial charge on any atom is -0.493 e. The second-order valence-electron chi connectivity index (χ2n) is 15.6. The zero-order chi connectivity index (χ0) is 42.8. The fourth-order valence-corrected chi connectivity index (χ4v) is 10.6. The topological polar surface area (TPSA) is 162 Å². The van der Waals surface area contributed by atoms with Gasteiger partial charge in [-0.05, 0) is 85.9 Å². The van der Waals surface area contributed by atoms with E-state index in [1.807, 2.05) is 27.0 Å². The summed E-state index contributed by atoms with van der Waals surface area (Å²) in [6.45, 7) is 11.5. The summed E-state index contributed by atoms with van der Waals surface area (Å²) in [5.41, 5.74) is 4.80. The number of sulfonamides is 1. The highest BCUT2D eigenvalue weighted by Gasteiger charge is 2.29. The van der Waals surface area contributed by atoms with E-state index >= 15 is 0 Å². The Hall–Kier alpha value is -4.91. The summed E-state index contributed by atoms with van der Waals surface area (Å²) in [6.07, 6.45) is 2.90. The predicted molar refractivity (Wildman–Crippen MR) is 242 cm³/mol. The molecule has 0 bridgehead atoms. The van der Waals surface area contributed by atoms with Crippen LogP contribution in [0.25, 0.3) is 32.5 Å². The summed E-state index contributed by atoms with van der Waals surface area (Å²) >= 11 is 8.01. The number of ether oxygens (including phenoxy) is 1. The van der Waals surface area contributed by atoms with Crippen molar-refractivity contribution in [3.05, 3.63) is 86.8 Å². The number of halogens is 1. The lowest BCUT2D eigenvalue weighted by Gasteiger charge is -2.35. The number of fused-ring (bicyclic) bond motifs is 3. The molecule has 0 spiro atoms. The minimum atomic E-state index is -3.70. The van der Waals surface area contributed by atoms with Crippen molar-refractivity contribution in [2.45, 2.75) is 44.4 Å². The van der Waals surface area contributed by atoms with Crippen molar-refractivity contribution in [3.8, 4) is 17.1 Å². The van der Waals surface area contributed by atoms with Gasteiger partial charge in [0.05, 0.1) is 33.9 Å². The number of hydrogen-bond donors (Lipinski definition) is 2. The Morgan fingerprint density at radius 1 is 0.918 bits per heavy atom. The van der Waals surface area contributed by atoms with Crippen molar-refractivity contribution in [1.82, 2.24) is 38.2 Å². The fraction of sp³-hybridized carbons (Fsp3) is 0.419. The highest BCUT2D eigenvalue weighted by Crippen LogP contribution is 2.34. The number of likely N-dealkylation sites (N-methyl/N-ethyl adjacent to an activating group) is 1. The van der Waals surface area contributed by atoms with Gasteiger partial charge in [-0.3, -0.25) is 19.2 Å². The molecule has 2 saturated heterocycles. The molecule has 2 fully saturated rings. The van der Waals surface area contributed by atoms with Crippen LogP contribution >= 0.6 is 23.1 Å². The quantitative estimate of drug-likeness (QED) is 0.171. The number of benzene rings is 3. The van der Waals surface area contributed by atoms with Crippen molar-refractivity contribution >= 4 is 71.7 Å². The lowest BCUT2D eigenvalue weighted by Crippen LogP contribution is -2.47. The third-order valence-electron chi connectivity index (χ3n) is 11.5. The van der Waals surface area contributed by atoms with Crippen LogP contribution < -0.4 is 20.5 Å². The van der Waals surface area contributed by atoms with E-state index in [0.29, 0.717) is 68.0 Å². The molecule has 1 amide bonds. The standard InChI is InChI=1S/C22H30N6O4S.C21H21ClN4OS/c1-5-7-17-19-20(27(4)25-17)22(29)24-21(23-19)16-14-15(8-9-18(16)32-6-2)33(30,31)28-12-10-26(3)11-13-28;22-17-13-18-15(12-20(27)23-18)11-14(17)5-6-25-7-9-26(10-8-25)21-16-3-1-2-4-19(16)28-24-21/h8-9,14H,5-7,10-13H2,1-4H3,(H,23,24,29);1-4,11,13H,5-10,12H2,(H,23,27). The highest BCUT2D eigenvalue weighted by molar-refractivity contribution is 7.89. The molecule has 6 aromatic rings. The molecule has 6 heterocycles. The van der Waals surface area contributed by atoms with Crippen molar-refractivity contribution < 1.29 is 17.9 Å². The van der Waals surface area contributed by atoms with Crippen LogP contribution in [0.5, 0.6) is 5.75 Å². The van der Waals surface area contributed by atoms with E-state index in [4.69, 9.17) is 21.3 Å². The first-order valence-electron chi connectivity index (χ1n) is 20.8. The van der Waals surface area contributed by atoms with Crippen LogP contribution in [0.3, 0.4) is 0 Å². The van der Waals surface area contributed by atoms with E-state index in [0.717, 1.165) is 78.9 Å². The Bertz CT molecular complexity index is 2740. The van der Waals surface area contributed by atoms with Gasteiger partial charge in [0.25, 0.3) is 5.56 Å². The molecule has 3 aliphatic rings. The molecule has 18 heteroatoms. The van der Waals surface area contributed by atoms with Gasteiger partial charge in [-0.15, -0.1) is 0 Å². The van der Waals surface area contributed by atoms with Crippen LogP contribution in [0.4, 0.5) is 11.5 Å². The van der Waals surface area contributed by atoms with E-state index < -0.39 is 10.0 Å². The van der Waals surface area contributed by atoms with E-state index in [1.165, 1.54) is 19.1 Å². The van der Waals surface area contributed by atoms with Crippen molar-refractivity contribution in [2.75, 3.05) is 82.8 Å². The Labute approximate surface area is 364 Å². The van der Waals surface area contributed by atoms with Crippen molar-refractivity contribution in [3.63, 3.8) is 0 Å². The summed E-state index contributed by atoms with van der Waals surface area (Å²) in [5.74, 6) is 1.89. The number of hydrogen-bond acceptors (Lipinski definition) is 12. The number of anilines is 2. The summed E-state index contributed by atoms with van der Waals surface area (Å²) in [4.78, 5) is 39.1. The number of carbonyl (C=O) groups excluding carboxylic acids is 1. The second kappa shape index (κ2) is 18.2. The molecule has 0 atom stereocenters. The Morgan fingerprint density at radius 2 is 1.69 bits per heavy atom. The number of rotatable bonds is 11. The molecule has 3 aromatic heterocycles. The zero-order valence-corrected chi connectivity index (χ0v) is 37.3. The first kappa shape index (κ1) is 42.8. The Kier molecular flexibility index (Phi) is 12.8. The number of nitrogens with zero attached hydrogens (tertiary/aromatic N) is 8. The van der Waals surface area contributed by atoms with Gasteiger partial charge in [-0.1, -0.05) is 43.1 Å². The molecular formula is C43H51ClN10O5S2. The Balaban J connectivity index is 0.000000170. The smallest absolute Gasteiger partial charge is 0.277 e. The third-order valence-corrected chi connectivity index (χ3v) is 14.5. The first-order chi connectivity index (χ1) is 29.4. The Morgan fingerprint density at radius 3 is 2.44 bits per heavy atom. The number of H-pyrrole nitrogens is 1. The maximum Gasteiger partial charge on any atom is 0.277 e. The van der Waals surface area contributed by atoms with Gasteiger partial charge in [0, 0.05) is 82.0 Å². The monoisotopic (exact) mass is 886 g/mol. The number of carbonyl (C=O) groups is 1. The van der Waals surface area contributed by atoms with Gasteiger partial charge in [0.2, 0.25) is 15.9 Å². The predicted octanol–water partition coefficient (Wildman–Crippen LogP) is 5.42. The van der Waals surface area contributed by atoms with Gasteiger partial charge >= 0.3 is 0 Å². The molecule has 0 radical (unpaired) electrons. The maximum absolute atomic E-state index is 13.3. The van der Waals surface area contributed by atoms with E-state index in [-0.39, 0.29) is 22.2 Å². The first-order valence-corrected chi connectivity index (χ1v) is 23.4. The third kappa shape index (κ3) is 9.04.